The first-order valence-electron chi connectivity index (χ1n) is 9.02. The smallest absolute Gasteiger partial charge is 0.274 e. The highest BCUT2D eigenvalue weighted by molar-refractivity contribution is 6.04. The molecule has 0 bridgehead atoms. The number of amides is 1. The third-order valence-corrected chi connectivity index (χ3v) is 4.92. The summed E-state index contributed by atoms with van der Waals surface area (Å²) in [5.74, 6) is -0.517. The third-order valence-electron chi connectivity index (χ3n) is 4.92. The minimum Gasteiger partial charge on any atom is -0.339 e. The highest BCUT2D eigenvalue weighted by atomic mass is 19.1. The SMILES string of the molecule is Cc1ccc(-c2noc(C3C[C@@H]3F)n2)cc1NC(=O)c1cnc2cc(F)ccn12. The maximum atomic E-state index is 13.3. The fraction of sp³-hybridized carbons (Fsp3) is 0.200. The van der Waals surface area contributed by atoms with E-state index in [0.717, 1.165) is 5.56 Å². The van der Waals surface area contributed by atoms with Gasteiger partial charge < -0.3 is 9.84 Å². The number of carbonyl (C=O) groups excluding carboxylic acids is 1. The van der Waals surface area contributed by atoms with E-state index >= 15 is 0 Å². The van der Waals surface area contributed by atoms with Crippen LogP contribution < -0.4 is 5.32 Å². The van der Waals surface area contributed by atoms with Crippen molar-refractivity contribution >= 4 is 17.2 Å². The van der Waals surface area contributed by atoms with E-state index in [1.54, 1.807) is 12.1 Å². The summed E-state index contributed by atoms with van der Waals surface area (Å²) in [5, 5.41) is 6.75. The molecule has 3 aromatic heterocycles. The van der Waals surface area contributed by atoms with Crippen molar-refractivity contribution in [3.8, 4) is 11.4 Å². The van der Waals surface area contributed by atoms with Gasteiger partial charge in [-0.05, 0) is 31.0 Å². The lowest BCUT2D eigenvalue weighted by Crippen LogP contribution is -2.15. The number of anilines is 1. The molecule has 1 fully saturated rings. The number of alkyl halides is 1. The Kier molecular flexibility index (Phi) is 3.90. The Morgan fingerprint density at radius 3 is 2.93 bits per heavy atom. The van der Waals surface area contributed by atoms with Crippen LogP contribution in [0, 0.1) is 12.7 Å². The van der Waals surface area contributed by atoms with Crippen LogP contribution in [0.2, 0.25) is 0 Å². The Hall–Kier alpha value is -3.62. The van der Waals surface area contributed by atoms with E-state index in [-0.39, 0.29) is 17.5 Å². The topological polar surface area (TPSA) is 85.3 Å². The fourth-order valence-corrected chi connectivity index (χ4v) is 3.13. The number of nitrogens with zero attached hydrogens (tertiary/aromatic N) is 4. The molecular formula is C20H15F2N5O2. The molecule has 0 spiro atoms. The minimum absolute atomic E-state index is 0.273. The van der Waals surface area contributed by atoms with Crippen molar-refractivity contribution < 1.29 is 18.1 Å². The van der Waals surface area contributed by atoms with Gasteiger partial charge in [0.25, 0.3) is 5.91 Å². The Bertz CT molecular complexity index is 1250. The molecule has 2 atom stereocenters. The van der Waals surface area contributed by atoms with E-state index in [9.17, 15) is 13.6 Å². The summed E-state index contributed by atoms with van der Waals surface area (Å²) in [7, 11) is 0. The number of aromatic nitrogens is 4. The van der Waals surface area contributed by atoms with Crippen LogP contribution in [0.1, 0.15) is 34.3 Å². The first-order chi connectivity index (χ1) is 14.0. The molecule has 146 valence electrons. The highest BCUT2D eigenvalue weighted by Crippen LogP contribution is 2.43. The van der Waals surface area contributed by atoms with Gasteiger partial charge in [0.1, 0.15) is 23.3 Å². The largest absolute Gasteiger partial charge is 0.339 e. The Balaban J connectivity index is 1.42. The maximum Gasteiger partial charge on any atom is 0.274 e. The van der Waals surface area contributed by atoms with Crippen LogP contribution in [0.25, 0.3) is 17.0 Å². The van der Waals surface area contributed by atoms with Crippen molar-refractivity contribution in [2.24, 2.45) is 0 Å². The molecule has 4 aromatic rings. The standard InChI is InChI=1S/C20H15F2N5O2/c1-10-2-3-11(18-25-20(29-26-18)13-8-14(13)22)6-15(10)24-19(28)16-9-23-17-7-12(21)4-5-27(16)17/h2-7,9,13-14H,8H2,1H3,(H,24,28)/t13?,14-/m0/s1. The molecule has 5 rings (SSSR count). The predicted octanol–water partition coefficient (Wildman–Crippen LogP) is 3.91. The number of hydrogen-bond acceptors (Lipinski definition) is 5. The molecule has 1 N–H and O–H groups in total. The maximum absolute atomic E-state index is 13.3. The Labute approximate surface area is 163 Å². The van der Waals surface area contributed by atoms with Crippen molar-refractivity contribution in [3.63, 3.8) is 0 Å². The molecule has 9 heteroatoms. The second-order valence-electron chi connectivity index (χ2n) is 7.01. The average molecular weight is 395 g/mol. The molecule has 1 aliphatic rings. The van der Waals surface area contributed by atoms with Crippen LogP contribution in [0.4, 0.5) is 14.5 Å². The number of carbonyl (C=O) groups is 1. The summed E-state index contributed by atoms with van der Waals surface area (Å²) in [5.41, 5.74) is 2.64. The molecule has 3 heterocycles. The van der Waals surface area contributed by atoms with E-state index in [0.29, 0.717) is 29.1 Å². The quantitative estimate of drug-likeness (QED) is 0.566. The number of pyridine rings is 1. The van der Waals surface area contributed by atoms with Gasteiger partial charge in [-0.2, -0.15) is 4.98 Å². The van der Waals surface area contributed by atoms with Crippen LogP contribution >= 0.6 is 0 Å². The van der Waals surface area contributed by atoms with E-state index in [1.807, 2.05) is 13.0 Å². The lowest BCUT2D eigenvalue weighted by molar-refractivity contribution is 0.102. The number of nitrogens with one attached hydrogen (secondary N) is 1. The van der Waals surface area contributed by atoms with Gasteiger partial charge in [-0.3, -0.25) is 9.20 Å². The summed E-state index contributed by atoms with van der Waals surface area (Å²) in [4.78, 5) is 21.1. The van der Waals surface area contributed by atoms with Gasteiger partial charge >= 0.3 is 0 Å². The molecular weight excluding hydrogens is 380 g/mol. The van der Waals surface area contributed by atoms with Gasteiger partial charge in [-0.15, -0.1) is 0 Å². The third kappa shape index (κ3) is 3.14. The highest BCUT2D eigenvalue weighted by Gasteiger charge is 2.43. The zero-order valence-electron chi connectivity index (χ0n) is 15.3. The number of rotatable bonds is 4. The molecule has 1 aliphatic carbocycles. The predicted molar refractivity (Wildman–Crippen MR) is 99.8 cm³/mol. The molecule has 1 unspecified atom stereocenters. The number of fused-ring (bicyclic) bond motifs is 1. The summed E-state index contributed by atoms with van der Waals surface area (Å²) in [6.07, 6.45) is 2.32. The second-order valence-corrected chi connectivity index (χ2v) is 7.01. The lowest BCUT2D eigenvalue weighted by Gasteiger charge is -2.09. The van der Waals surface area contributed by atoms with E-state index in [1.165, 1.54) is 28.9 Å². The number of aryl methyl sites for hydroxylation is 1. The monoisotopic (exact) mass is 395 g/mol. The van der Waals surface area contributed by atoms with Crippen LogP contribution in [0.15, 0.2) is 47.2 Å². The van der Waals surface area contributed by atoms with Gasteiger partial charge in [0.05, 0.1) is 12.1 Å². The molecule has 1 aromatic carbocycles. The average Bonchev–Trinajstić information content (AvgIpc) is 3.10. The van der Waals surface area contributed by atoms with Gasteiger partial charge in [-0.25, -0.2) is 13.8 Å². The summed E-state index contributed by atoms with van der Waals surface area (Å²) in [6.45, 7) is 1.85. The van der Waals surface area contributed by atoms with Gasteiger partial charge in [0, 0.05) is 23.5 Å². The first-order valence-corrected chi connectivity index (χ1v) is 9.02. The molecule has 0 saturated heterocycles. The molecule has 0 radical (unpaired) electrons. The van der Waals surface area contributed by atoms with E-state index in [4.69, 9.17) is 4.52 Å². The minimum atomic E-state index is -0.921. The fourth-order valence-electron chi connectivity index (χ4n) is 3.13. The summed E-state index contributed by atoms with van der Waals surface area (Å²) >= 11 is 0. The molecule has 1 amide bonds. The normalized spacial score (nSPS) is 18.2. The molecule has 29 heavy (non-hydrogen) atoms. The second kappa shape index (κ2) is 6.47. The van der Waals surface area contributed by atoms with Crippen molar-refractivity contribution in [1.29, 1.82) is 0 Å². The van der Waals surface area contributed by atoms with E-state index in [2.05, 4.69) is 20.4 Å². The number of hydrogen-bond donors (Lipinski definition) is 1. The van der Waals surface area contributed by atoms with E-state index < -0.39 is 17.9 Å². The first kappa shape index (κ1) is 17.5. The molecule has 1 saturated carbocycles. The molecule has 7 nitrogen and oxygen atoms in total. The Morgan fingerprint density at radius 1 is 1.31 bits per heavy atom. The zero-order valence-corrected chi connectivity index (χ0v) is 15.3. The van der Waals surface area contributed by atoms with Crippen LogP contribution in [0.5, 0.6) is 0 Å². The summed E-state index contributed by atoms with van der Waals surface area (Å²) in [6, 6.07) is 7.85. The van der Waals surface area contributed by atoms with Crippen molar-refractivity contribution in [1.82, 2.24) is 19.5 Å². The van der Waals surface area contributed by atoms with Crippen LogP contribution in [0.3, 0.4) is 0 Å². The van der Waals surface area contributed by atoms with Crippen LogP contribution in [-0.4, -0.2) is 31.6 Å². The van der Waals surface area contributed by atoms with Crippen LogP contribution in [-0.2, 0) is 0 Å². The number of imidazole rings is 1. The number of benzene rings is 1. The summed E-state index contributed by atoms with van der Waals surface area (Å²) < 4.78 is 33.2. The number of halogens is 2. The lowest BCUT2D eigenvalue weighted by atomic mass is 10.1. The van der Waals surface area contributed by atoms with Crippen molar-refractivity contribution in [3.05, 3.63) is 65.7 Å². The zero-order chi connectivity index (χ0) is 20.1. The molecule has 0 aliphatic heterocycles. The Morgan fingerprint density at radius 2 is 2.14 bits per heavy atom. The van der Waals surface area contributed by atoms with Crippen molar-refractivity contribution in [2.75, 3.05) is 5.32 Å². The van der Waals surface area contributed by atoms with Gasteiger partial charge in [0.2, 0.25) is 11.7 Å². The van der Waals surface area contributed by atoms with Gasteiger partial charge in [0.15, 0.2) is 0 Å². The van der Waals surface area contributed by atoms with Crippen molar-refractivity contribution in [2.45, 2.75) is 25.4 Å². The van der Waals surface area contributed by atoms with Gasteiger partial charge in [-0.1, -0.05) is 17.3 Å².